The van der Waals surface area contributed by atoms with Crippen molar-refractivity contribution in [2.24, 2.45) is 0 Å². The average Bonchev–Trinajstić information content (AvgIpc) is 3.63. The van der Waals surface area contributed by atoms with E-state index in [2.05, 4.69) is 28.2 Å². The van der Waals surface area contributed by atoms with Crippen molar-refractivity contribution in [2.45, 2.75) is 23.0 Å². The molecule has 1 aliphatic rings. The molecule has 0 unspecified atom stereocenters. The Kier molecular flexibility index (Phi) is 4.74. The summed E-state index contributed by atoms with van der Waals surface area (Å²) in [6.07, 6.45) is 5.72. The number of thioether (sulfide) groups is 1. The van der Waals surface area contributed by atoms with Crippen LogP contribution >= 0.6 is 23.4 Å². The van der Waals surface area contributed by atoms with Crippen LogP contribution in [0.1, 0.15) is 12.8 Å². The van der Waals surface area contributed by atoms with E-state index in [4.69, 9.17) is 16.6 Å². The Morgan fingerprint density at radius 2 is 1.84 bits per heavy atom. The van der Waals surface area contributed by atoms with Gasteiger partial charge in [-0.1, -0.05) is 48.0 Å². The summed E-state index contributed by atoms with van der Waals surface area (Å²) >= 11 is 8.45. The summed E-state index contributed by atoms with van der Waals surface area (Å²) in [6, 6.07) is 19.6. The van der Waals surface area contributed by atoms with Crippen LogP contribution in [0, 0.1) is 0 Å². The molecule has 1 saturated carbocycles. The molecular formula is C26H18ClN3OS. The van der Waals surface area contributed by atoms with Gasteiger partial charge >= 0.3 is 0 Å². The third-order valence-corrected chi connectivity index (χ3v) is 7.39. The molecule has 6 rings (SSSR count). The first-order valence-electron chi connectivity index (χ1n) is 10.5. The van der Waals surface area contributed by atoms with Gasteiger partial charge < -0.3 is 4.98 Å². The van der Waals surface area contributed by atoms with Crippen molar-refractivity contribution in [3.63, 3.8) is 0 Å². The predicted octanol–water partition coefficient (Wildman–Crippen LogP) is 6.71. The molecule has 1 N–H and O–H groups in total. The lowest BCUT2D eigenvalue weighted by atomic mass is 9.96. The largest absolute Gasteiger partial charge is 0.346 e. The van der Waals surface area contributed by atoms with Crippen LogP contribution in [0.15, 0.2) is 82.7 Å². The number of aromatic amines is 1. The summed E-state index contributed by atoms with van der Waals surface area (Å²) in [6.45, 7) is 0. The number of halogens is 1. The first kappa shape index (κ1) is 19.5. The second-order valence-electron chi connectivity index (χ2n) is 7.95. The number of rotatable bonds is 4. The summed E-state index contributed by atoms with van der Waals surface area (Å²) in [7, 11) is 0. The molecule has 3 heterocycles. The quantitative estimate of drug-likeness (QED) is 0.327. The first-order chi connectivity index (χ1) is 15.7. The van der Waals surface area contributed by atoms with Crippen molar-refractivity contribution in [2.75, 3.05) is 0 Å². The Balaban J connectivity index is 1.76. The lowest BCUT2D eigenvalue weighted by molar-refractivity contribution is 1.24. The molecule has 32 heavy (non-hydrogen) atoms. The van der Waals surface area contributed by atoms with Gasteiger partial charge in [-0.15, -0.1) is 11.8 Å². The Morgan fingerprint density at radius 1 is 1.00 bits per heavy atom. The van der Waals surface area contributed by atoms with E-state index in [1.807, 2.05) is 36.4 Å². The van der Waals surface area contributed by atoms with Crippen LogP contribution in [0.3, 0.4) is 0 Å². The molecule has 0 radical (unpaired) electrons. The smallest absolute Gasteiger partial charge is 0.192 e. The van der Waals surface area contributed by atoms with Crippen LogP contribution in [0.2, 0.25) is 5.02 Å². The average molecular weight is 456 g/mol. The van der Waals surface area contributed by atoms with Gasteiger partial charge in [0.1, 0.15) is 5.65 Å². The van der Waals surface area contributed by atoms with Crippen molar-refractivity contribution in [3.05, 3.63) is 88.3 Å². The van der Waals surface area contributed by atoms with E-state index < -0.39 is 0 Å². The molecule has 0 saturated heterocycles. The lowest BCUT2D eigenvalue weighted by Crippen LogP contribution is -2.06. The van der Waals surface area contributed by atoms with E-state index in [-0.39, 0.29) is 5.43 Å². The van der Waals surface area contributed by atoms with Gasteiger partial charge in [0.25, 0.3) is 0 Å². The van der Waals surface area contributed by atoms with Crippen LogP contribution in [0.4, 0.5) is 0 Å². The monoisotopic (exact) mass is 455 g/mol. The van der Waals surface area contributed by atoms with Crippen LogP contribution in [-0.2, 0) is 0 Å². The lowest BCUT2D eigenvalue weighted by Gasteiger charge is -2.18. The fraction of sp³-hybridized carbons (Fsp3) is 0.115. The zero-order valence-electron chi connectivity index (χ0n) is 17.0. The number of H-pyrrole nitrogens is 1. The van der Waals surface area contributed by atoms with Crippen LogP contribution in [-0.4, -0.2) is 20.2 Å². The number of nitrogens with zero attached hydrogens (tertiary/aromatic N) is 2. The molecule has 156 valence electrons. The fourth-order valence-electron chi connectivity index (χ4n) is 4.01. The highest BCUT2D eigenvalue weighted by atomic mass is 35.5. The molecule has 0 amide bonds. The summed E-state index contributed by atoms with van der Waals surface area (Å²) in [4.78, 5) is 26.6. The molecule has 0 spiro atoms. The maximum Gasteiger partial charge on any atom is 0.192 e. The highest BCUT2D eigenvalue weighted by Crippen LogP contribution is 2.48. The van der Waals surface area contributed by atoms with Gasteiger partial charge in [-0.2, -0.15) is 0 Å². The Morgan fingerprint density at radius 3 is 2.66 bits per heavy atom. The fourth-order valence-corrected chi connectivity index (χ4v) is 5.64. The Bertz CT molecular complexity index is 1540. The molecule has 2 aromatic carbocycles. The van der Waals surface area contributed by atoms with E-state index >= 15 is 0 Å². The topological polar surface area (TPSA) is 58.6 Å². The number of nitrogens with one attached hydrogen (secondary N) is 1. The van der Waals surface area contributed by atoms with Gasteiger partial charge in [-0.05, 0) is 36.6 Å². The molecule has 1 fully saturated rings. The zero-order chi connectivity index (χ0) is 21.7. The van der Waals surface area contributed by atoms with Crippen molar-refractivity contribution in [1.82, 2.24) is 15.0 Å². The third kappa shape index (κ3) is 3.38. The number of hydrogen-bond donors (Lipinski definition) is 1. The molecule has 1 aliphatic carbocycles. The van der Waals surface area contributed by atoms with E-state index in [0.717, 1.165) is 51.0 Å². The third-order valence-electron chi connectivity index (χ3n) is 5.66. The number of aromatic nitrogens is 3. The van der Waals surface area contributed by atoms with Gasteiger partial charge in [0.05, 0.1) is 21.6 Å². The zero-order valence-corrected chi connectivity index (χ0v) is 18.6. The molecule has 4 nitrogen and oxygen atoms in total. The molecule has 5 aromatic rings. The van der Waals surface area contributed by atoms with E-state index in [9.17, 15) is 4.79 Å². The summed E-state index contributed by atoms with van der Waals surface area (Å²) in [5.74, 6) is 0. The summed E-state index contributed by atoms with van der Waals surface area (Å²) in [5.41, 5.74) is 5.07. The molecular weight excluding hydrogens is 438 g/mol. The summed E-state index contributed by atoms with van der Waals surface area (Å²) in [5, 5.41) is 2.70. The molecule has 0 bridgehead atoms. The highest BCUT2D eigenvalue weighted by Gasteiger charge is 2.28. The normalized spacial score (nSPS) is 13.7. The molecule has 6 heteroatoms. The van der Waals surface area contributed by atoms with Gasteiger partial charge in [-0.25, -0.2) is 4.98 Å². The van der Waals surface area contributed by atoms with Crippen LogP contribution < -0.4 is 5.43 Å². The number of fused-ring (bicyclic) bond motifs is 2. The van der Waals surface area contributed by atoms with Gasteiger partial charge in [-0.3, -0.25) is 9.78 Å². The van der Waals surface area contributed by atoms with E-state index in [1.54, 1.807) is 30.2 Å². The second kappa shape index (κ2) is 7.76. The first-order valence-corrected chi connectivity index (χ1v) is 11.8. The van der Waals surface area contributed by atoms with Gasteiger partial charge in [0.2, 0.25) is 0 Å². The minimum absolute atomic E-state index is 0.0242. The van der Waals surface area contributed by atoms with Crippen molar-refractivity contribution in [1.29, 1.82) is 0 Å². The van der Waals surface area contributed by atoms with Crippen molar-refractivity contribution < 1.29 is 0 Å². The van der Waals surface area contributed by atoms with E-state index in [0.29, 0.717) is 21.3 Å². The van der Waals surface area contributed by atoms with E-state index in [1.165, 1.54) is 0 Å². The predicted molar refractivity (Wildman–Crippen MR) is 132 cm³/mol. The minimum Gasteiger partial charge on any atom is -0.346 e. The number of pyridine rings is 3. The number of hydrogen-bond acceptors (Lipinski definition) is 4. The Hall–Kier alpha value is -3.15. The van der Waals surface area contributed by atoms with Crippen LogP contribution in [0.5, 0.6) is 0 Å². The molecule has 0 aliphatic heterocycles. The maximum atomic E-state index is 13.0. The van der Waals surface area contributed by atoms with Crippen molar-refractivity contribution >= 4 is 45.3 Å². The Labute approximate surface area is 193 Å². The summed E-state index contributed by atoms with van der Waals surface area (Å²) < 4.78 is 0. The molecule has 0 atom stereocenters. The maximum absolute atomic E-state index is 13.0. The SMILES string of the molecule is O=c1cc[nH]c2nc(-c3ccccc3)c(-c3cc(Cl)c4ncccc4c3)c(SC3CC3)c12. The molecule has 3 aromatic heterocycles. The van der Waals surface area contributed by atoms with Gasteiger partial charge in [0, 0.05) is 45.1 Å². The van der Waals surface area contributed by atoms with Crippen molar-refractivity contribution in [3.8, 4) is 22.4 Å². The highest BCUT2D eigenvalue weighted by molar-refractivity contribution is 8.00. The number of benzene rings is 2. The standard InChI is InChI=1S/C26H18ClN3OS/c27-19-14-17(13-16-7-4-11-28-23(16)19)21-24(15-5-2-1-3-6-15)30-26-22(20(31)10-12-29-26)25(21)32-18-8-9-18/h1-7,10-14,18H,8-9H2,(H,29,30,31). The minimum atomic E-state index is -0.0242. The van der Waals surface area contributed by atoms with Crippen LogP contribution in [0.25, 0.3) is 44.3 Å². The van der Waals surface area contributed by atoms with Gasteiger partial charge in [0.15, 0.2) is 5.43 Å². The second-order valence-corrected chi connectivity index (χ2v) is 9.66.